The summed E-state index contributed by atoms with van der Waals surface area (Å²) in [6.07, 6.45) is 2.60. The predicted molar refractivity (Wildman–Crippen MR) is 76.4 cm³/mol. The summed E-state index contributed by atoms with van der Waals surface area (Å²) >= 11 is 0. The van der Waals surface area contributed by atoms with Crippen LogP contribution < -0.4 is 10.0 Å². The van der Waals surface area contributed by atoms with Crippen LogP contribution in [0.15, 0.2) is 12.4 Å². The van der Waals surface area contributed by atoms with E-state index < -0.39 is 21.9 Å². The average molecular weight is 328 g/mol. The second-order valence-corrected chi connectivity index (χ2v) is 6.56. The van der Waals surface area contributed by atoms with Gasteiger partial charge < -0.3 is 4.74 Å². The quantitative estimate of drug-likeness (QED) is 0.706. The predicted octanol–water partition coefficient (Wildman–Crippen LogP) is -0.705. The van der Waals surface area contributed by atoms with E-state index in [0.29, 0.717) is 0 Å². The van der Waals surface area contributed by atoms with Crippen LogP contribution in [0.4, 0.5) is 5.95 Å². The molecule has 1 fully saturated rings. The minimum atomic E-state index is -3.64. The number of nitrogens with zero attached hydrogens (tertiary/aromatic N) is 3. The number of amides is 1. The molecule has 120 valence electrons. The van der Waals surface area contributed by atoms with Gasteiger partial charge in [-0.3, -0.25) is 9.69 Å². The van der Waals surface area contributed by atoms with Crippen molar-refractivity contribution in [3.63, 3.8) is 0 Å². The number of nitrogens with two attached hydrogens (primary N) is 1. The molecule has 22 heavy (non-hydrogen) atoms. The van der Waals surface area contributed by atoms with Gasteiger partial charge in [0.05, 0.1) is 17.9 Å². The molecule has 1 atom stereocenters. The molecule has 1 aromatic heterocycles. The minimum absolute atomic E-state index is 0.0689. The first kappa shape index (κ1) is 16.3. The van der Waals surface area contributed by atoms with Crippen molar-refractivity contribution in [2.24, 2.45) is 11.1 Å². The molecular weight excluding hydrogens is 312 g/mol. The largest absolute Gasteiger partial charge is 0.462 e. The van der Waals surface area contributed by atoms with Gasteiger partial charge in [-0.2, -0.15) is 0 Å². The summed E-state index contributed by atoms with van der Waals surface area (Å²) in [4.78, 5) is 32.6. The first-order chi connectivity index (χ1) is 10.3. The first-order valence-electron chi connectivity index (χ1n) is 6.60. The van der Waals surface area contributed by atoms with Gasteiger partial charge in [-0.15, -0.1) is 0 Å². The molecule has 2 N–H and O–H groups in total. The van der Waals surface area contributed by atoms with Crippen LogP contribution in [0.3, 0.4) is 0 Å². The maximum absolute atomic E-state index is 11.9. The number of ether oxygens (including phenoxy) is 1. The second-order valence-electron chi connectivity index (χ2n) is 4.90. The zero-order chi connectivity index (χ0) is 16.3. The summed E-state index contributed by atoms with van der Waals surface area (Å²) in [5.74, 6) is -1.37. The molecule has 1 aliphatic rings. The van der Waals surface area contributed by atoms with E-state index in [1.807, 2.05) is 0 Å². The number of carbonyl (C=O) groups excluding carboxylic acids is 2. The monoisotopic (exact) mass is 328 g/mol. The van der Waals surface area contributed by atoms with Crippen LogP contribution in [0.25, 0.3) is 0 Å². The second kappa shape index (κ2) is 6.36. The molecule has 1 aliphatic heterocycles. The fourth-order valence-corrected chi connectivity index (χ4v) is 3.08. The van der Waals surface area contributed by atoms with Crippen molar-refractivity contribution < 1.29 is 22.7 Å². The van der Waals surface area contributed by atoms with Crippen molar-refractivity contribution in [3.8, 4) is 0 Å². The molecule has 9 nitrogen and oxygen atoms in total. The van der Waals surface area contributed by atoms with Crippen LogP contribution in [0.2, 0.25) is 0 Å². The fraction of sp³-hybridized carbons (Fsp3) is 0.500. The summed E-state index contributed by atoms with van der Waals surface area (Å²) < 4.78 is 27.0. The zero-order valence-electron chi connectivity index (χ0n) is 11.9. The van der Waals surface area contributed by atoms with Crippen LogP contribution in [0.5, 0.6) is 0 Å². The molecule has 0 radical (unpaired) electrons. The van der Waals surface area contributed by atoms with Crippen molar-refractivity contribution in [3.05, 3.63) is 18.0 Å². The Morgan fingerprint density at radius 3 is 2.64 bits per heavy atom. The number of sulfonamides is 1. The molecule has 10 heteroatoms. The topological polar surface area (TPSA) is 133 Å². The Morgan fingerprint density at radius 2 is 2.09 bits per heavy atom. The number of rotatable bonds is 5. The summed E-state index contributed by atoms with van der Waals surface area (Å²) in [6.45, 7) is 2.09. The Hall–Kier alpha value is -2.07. The number of primary sulfonamides is 1. The van der Waals surface area contributed by atoms with Gasteiger partial charge in [-0.1, -0.05) is 0 Å². The number of hydrogen-bond acceptors (Lipinski definition) is 7. The van der Waals surface area contributed by atoms with Gasteiger partial charge in [0.15, 0.2) is 0 Å². The summed E-state index contributed by atoms with van der Waals surface area (Å²) in [5.41, 5.74) is 0.179. The van der Waals surface area contributed by atoms with E-state index in [0.717, 1.165) is 0 Å². The Labute approximate surface area is 127 Å². The first-order valence-corrected chi connectivity index (χ1v) is 8.31. The number of aromatic nitrogens is 2. The highest BCUT2D eigenvalue weighted by Gasteiger charge is 2.34. The molecule has 2 rings (SSSR count). The lowest BCUT2D eigenvalue weighted by Crippen LogP contribution is -2.29. The van der Waals surface area contributed by atoms with E-state index in [4.69, 9.17) is 9.88 Å². The number of hydrogen-bond donors (Lipinski definition) is 1. The highest BCUT2D eigenvalue weighted by atomic mass is 32.2. The van der Waals surface area contributed by atoms with Gasteiger partial charge in [-0.25, -0.2) is 28.3 Å². The van der Waals surface area contributed by atoms with Gasteiger partial charge in [-0.05, 0) is 6.92 Å². The molecule has 0 saturated carbocycles. The Bertz CT molecular complexity index is 673. The van der Waals surface area contributed by atoms with Crippen molar-refractivity contribution in [2.45, 2.75) is 13.3 Å². The highest BCUT2D eigenvalue weighted by Crippen LogP contribution is 2.22. The molecule has 0 aliphatic carbocycles. The van der Waals surface area contributed by atoms with Gasteiger partial charge >= 0.3 is 5.97 Å². The van der Waals surface area contributed by atoms with E-state index in [2.05, 4.69) is 9.97 Å². The Balaban J connectivity index is 2.09. The Morgan fingerprint density at radius 1 is 1.45 bits per heavy atom. The molecule has 1 aromatic rings. The van der Waals surface area contributed by atoms with Crippen LogP contribution in [0.1, 0.15) is 23.7 Å². The summed E-state index contributed by atoms with van der Waals surface area (Å²) in [5, 5.41) is 4.99. The maximum Gasteiger partial charge on any atom is 0.341 e. The zero-order valence-corrected chi connectivity index (χ0v) is 12.7. The molecule has 0 bridgehead atoms. The smallest absolute Gasteiger partial charge is 0.341 e. The SMILES string of the molecule is CCOC(=O)c1cnc(N2CC(CS(N)(=O)=O)CC2=O)nc1. The Kier molecular flexibility index (Phi) is 4.71. The van der Waals surface area contributed by atoms with E-state index in [1.54, 1.807) is 6.92 Å². The molecule has 1 unspecified atom stereocenters. The van der Waals surface area contributed by atoms with Crippen LogP contribution in [-0.4, -0.2) is 49.2 Å². The molecule has 0 aromatic carbocycles. The van der Waals surface area contributed by atoms with E-state index >= 15 is 0 Å². The molecule has 0 spiro atoms. The van der Waals surface area contributed by atoms with E-state index in [1.165, 1.54) is 17.3 Å². The van der Waals surface area contributed by atoms with E-state index in [-0.39, 0.29) is 42.7 Å². The van der Waals surface area contributed by atoms with Crippen molar-refractivity contribution >= 4 is 27.8 Å². The number of esters is 1. The molecule has 2 heterocycles. The van der Waals surface area contributed by atoms with Crippen molar-refractivity contribution in [1.29, 1.82) is 0 Å². The molecular formula is C12H16N4O5S. The average Bonchev–Trinajstić information content (AvgIpc) is 2.77. The third-order valence-electron chi connectivity index (χ3n) is 3.06. The van der Waals surface area contributed by atoms with Gasteiger partial charge in [0.2, 0.25) is 21.9 Å². The van der Waals surface area contributed by atoms with Crippen LogP contribution in [-0.2, 0) is 19.6 Å². The third-order valence-corrected chi connectivity index (χ3v) is 4.00. The lowest BCUT2D eigenvalue weighted by molar-refractivity contribution is -0.117. The van der Waals surface area contributed by atoms with Crippen LogP contribution >= 0.6 is 0 Å². The van der Waals surface area contributed by atoms with Crippen LogP contribution in [0, 0.1) is 5.92 Å². The lowest BCUT2D eigenvalue weighted by Gasteiger charge is -2.14. The van der Waals surface area contributed by atoms with Gasteiger partial charge in [0, 0.05) is 31.3 Å². The highest BCUT2D eigenvalue weighted by molar-refractivity contribution is 7.89. The molecule has 1 amide bonds. The standard InChI is InChI=1S/C12H16N4O5S/c1-2-21-11(18)9-4-14-12(15-5-9)16-6-8(3-10(16)17)7-22(13,19)20/h4-5,8H,2-3,6-7H2,1H3,(H2,13,19,20). The normalized spacial score (nSPS) is 18.5. The van der Waals surface area contributed by atoms with E-state index in [9.17, 15) is 18.0 Å². The summed E-state index contributed by atoms with van der Waals surface area (Å²) in [7, 11) is -3.64. The van der Waals surface area contributed by atoms with Gasteiger partial charge in [0.1, 0.15) is 0 Å². The fourth-order valence-electron chi connectivity index (χ4n) is 2.20. The third kappa shape index (κ3) is 3.98. The lowest BCUT2D eigenvalue weighted by atomic mass is 10.1. The van der Waals surface area contributed by atoms with Crippen molar-refractivity contribution in [2.75, 3.05) is 23.8 Å². The van der Waals surface area contributed by atoms with Gasteiger partial charge in [0.25, 0.3) is 0 Å². The number of carbonyl (C=O) groups is 2. The minimum Gasteiger partial charge on any atom is -0.462 e. The maximum atomic E-state index is 11.9. The van der Waals surface area contributed by atoms with Crippen molar-refractivity contribution in [1.82, 2.24) is 9.97 Å². The molecule has 1 saturated heterocycles. The number of anilines is 1. The summed E-state index contributed by atoms with van der Waals surface area (Å²) in [6, 6.07) is 0.